The van der Waals surface area contributed by atoms with Gasteiger partial charge in [0.05, 0.1) is 19.3 Å². The third kappa shape index (κ3) is 3.89. The summed E-state index contributed by atoms with van der Waals surface area (Å²) in [4.78, 5) is 2.56. The molecule has 0 N–H and O–H groups in total. The number of hydrogen-bond acceptors (Lipinski definition) is 3. The molecule has 1 unspecified atom stereocenters. The number of nitrogens with zero attached hydrogens (tertiary/aromatic N) is 3. The van der Waals surface area contributed by atoms with Crippen molar-refractivity contribution in [1.29, 1.82) is 0 Å². The number of methoxy groups -OCH3 is 1. The predicted octanol–water partition coefficient (Wildman–Crippen LogP) is 2.76. The first-order valence-electron chi connectivity index (χ1n) is 8.08. The Hall–Kier alpha value is -1.81. The summed E-state index contributed by atoms with van der Waals surface area (Å²) in [6.45, 7) is 6.54. The first-order chi connectivity index (χ1) is 10.7. The standard InChI is InChI=1S/C18H25N3O/c1-15-7-10-21(19-15)12-11-20-9-8-17(14-20)13-16-3-5-18(22-2)6-4-16/h3-7,10,17H,8-9,11-14H2,1-2H3. The average molecular weight is 299 g/mol. The van der Waals surface area contributed by atoms with E-state index in [0.717, 1.165) is 30.5 Å². The van der Waals surface area contributed by atoms with Gasteiger partial charge in [-0.25, -0.2) is 0 Å². The molecule has 2 aromatic rings. The topological polar surface area (TPSA) is 30.3 Å². The lowest BCUT2D eigenvalue weighted by atomic mass is 9.99. The molecule has 2 heterocycles. The van der Waals surface area contributed by atoms with Crippen LogP contribution in [0.2, 0.25) is 0 Å². The minimum atomic E-state index is 0.771. The van der Waals surface area contributed by atoms with Crippen molar-refractivity contribution in [3.63, 3.8) is 0 Å². The highest BCUT2D eigenvalue weighted by molar-refractivity contribution is 5.27. The molecule has 0 radical (unpaired) electrons. The van der Waals surface area contributed by atoms with Crippen molar-refractivity contribution >= 4 is 0 Å². The summed E-state index contributed by atoms with van der Waals surface area (Å²) in [6, 6.07) is 10.6. The maximum atomic E-state index is 5.22. The van der Waals surface area contributed by atoms with E-state index in [4.69, 9.17) is 4.74 Å². The normalized spacial score (nSPS) is 18.7. The van der Waals surface area contributed by atoms with Crippen LogP contribution in [0.5, 0.6) is 5.75 Å². The molecule has 118 valence electrons. The zero-order chi connectivity index (χ0) is 15.4. The third-order valence-corrected chi connectivity index (χ3v) is 4.47. The van der Waals surface area contributed by atoms with Crippen molar-refractivity contribution in [3.05, 3.63) is 47.8 Å². The highest BCUT2D eigenvalue weighted by Crippen LogP contribution is 2.22. The maximum Gasteiger partial charge on any atom is 0.118 e. The van der Waals surface area contributed by atoms with Crippen LogP contribution < -0.4 is 4.74 Å². The van der Waals surface area contributed by atoms with Gasteiger partial charge in [-0.1, -0.05) is 12.1 Å². The van der Waals surface area contributed by atoms with Gasteiger partial charge in [-0.05, 0) is 56.0 Å². The Morgan fingerprint density at radius 1 is 1.18 bits per heavy atom. The molecule has 0 saturated carbocycles. The SMILES string of the molecule is COc1ccc(CC2CCN(CCn3ccc(C)n3)C2)cc1. The third-order valence-electron chi connectivity index (χ3n) is 4.47. The van der Waals surface area contributed by atoms with Crippen molar-refractivity contribution in [1.82, 2.24) is 14.7 Å². The van der Waals surface area contributed by atoms with E-state index in [-0.39, 0.29) is 0 Å². The quantitative estimate of drug-likeness (QED) is 0.821. The van der Waals surface area contributed by atoms with Crippen LogP contribution in [-0.4, -0.2) is 41.4 Å². The molecule has 22 heavy (non-hydrogen) atoms. The fraction of sp³-hybridized carbons (Fsp3) is 0.500. The summed E-state index contributed by atoms with van der Waals surface area (Å²) in [7, 11) is 1.71. The lowest BCUT2D eigenvalue weighted by molar-refractivity contribution is 0.303. The lowest BCUT2D eigenvalue weighted by Gasteiger charge is -2.16. The minimum Gasteiger partial charge on any atom is -0.497 e. The van der Waals surface area contributed by atoms with Gasteiger partial charge in [0.25, 0.3) is 0 Å². The van der Waals surface area contributed by atoms with Crippen LogP contribution in [0.15, 0.2) is 36.5 Å². The molecule has 4 heteroatoms. The molecule has 1 fully saturated rings. The molecule has 4 nitrogen and oxygen atoms in total. The Morgan fingerprint density at radius 2 is 2.00 bits per heavy atom. The molecule has 1 aliphatic rings. The molecule has 0 aliphatic carbocycles. The number of benzene rings is 1. The van der Waals surface area contributed by atoms with Crippen LogP contribution in [0.1, 0.15) is 17.7 Å². The van der Waals surface area contributed by atoms with Crippen LogP contribution in [-0.2, 0) is 13.0 Å². The van der Waals surface area contributed by atoms with Gasteiger partial charge in [0, 0.05) is 19.3 Å². The summed E-state index contributed by atoms with van der Waals surface area (Å²) in [6.07, 6.45) is 4.53. The number of hydrogen-bond donors (Lipinski definition) is 0. The Labute approximate surface area is 132 Å². The van der Waals surface area contributed by atoms with Gasteiger partial charge in [-0.2, -0.15) is 5.10 Å². The van der Waals surface area contributed by atoms with Crippen molar-refractivity contribution in [3.8, 4) is 5.75 Å². The summed E-state index contributed by atoms with van der Waals surface area (Å²) in [5.41, 5.74) is 2.51. The zero-order valence-corrected chi connectivity index (χ0v) is 13.5. The van der Waals surface area contributed by atoms with Gasteiger partial charge >= 0.3 is 0 Å². The average Bonchev–Trinajstić information content (AvgIpc) is 3.15. The van der Waals surface area contributed by atoms with Crippen molar-refractivity contribution in [2.45, 2.75) is 26.3 Å². The number of aryl methyl sites for hydroxylation is 1. The highest BCUT2D eigenvalue weighted by Gasteiger charge is 2.22. The van der Waals surface area contributed by atoms with Crippen LogP contribution in [0.3, 0.4) is 0 Å². The smallest absolute Gasteiger partial charge is 0.118 e. The van der Waals surface area contributed by atoms with Crippen molar-refractivity contribution < 1.29 is 4.74 Å². The van der Waals surface area contributed by atoms with E-state index in [1.54, 1.807) is 7.11 Å². The molecule has 1 atom stereocenters. The van der Waals surface area contributed by atoms with Crippen LogP contribution in [0.25, 0.3) is 0 Å². The second kappa shape index (κ2) is 6.97. The molecule has 1 aromatic carbocycles. The number of ether oxygens (including phenoxy) is 1. The Bertz CT molecular complexity index is 591. The molecule has 0 spiro atoms. The fourth-order valence-electron chi connectivity index (χ4n) is 3.21. The lowest BCUT2D eigenvalue weighted by Crippen LogP contribution is -2.25. The monoisotopic (exact) mass is 299 g/mol. The second-order valence-electron chi connectivity index (χ2n) is 6.23. The highest BCUT2D eigenvalue weighted by atomic mass is 16.5. The first-order valence-corrected chi connectivity index (χ1v) is 8.08. The predicted molar refractivity (Wildman–Crippen MR) is 88.2 cm³/mol. The Balaban J connectivity index is 1.45. The van der Waals surface area contributed by atoms with E-state index < -0.39 is 0 Å². The maximum absolute atomic E-state index is 5.22. The minimum absolute atomic E-state index is 0.771. The van der Waals surface area contributed by atoms with Gasteiger partial charge in [-0.15, -0.1) is 0 Å². The number of likely N-dealkylation sites (tertiary alicyclic amines) is 1. The Kier molecular flexibility index (Phi) is 4.78. The van der Waals surface area contributed by atoms with E-state index >= 15 is 0 Å². The second-order valence-corrected chi connectivity index (χ2v) is 6.23. The molecule has 0 amide bonds. The van der Waals surface area contributed by atoms with E-state index in [1.165, 1.54) is 31.5 Å². The summed E-state index contributed by atoms with van der Waals surface area (Å²) < 4.78 is 7.26. The molecule has 1 aromatic heterocycles. The summed E-state index contributed by atoms with van der Waals surface area (Å²) in [5.74, 6) is 1.71. The fourth-order valence-corrected chi connectivity index (χ4v) is 3.21. The van der Waals surface area contributed by atoms with Crippen LogP contribution in [0.4, 0.5) is 0 Å². The van der Waals surface area contributed by atoms with Gasteiger partial charge < -0.3 is 9.64 Å². The molecule has 1 aliphatic heterocycles. The summed E-state index contributed by atoms with van der Waals surface area (Å²) >= 11 is 0. The summed E-state index contributed by atoms with van der Waals surface area (Å²) in [5, 5.41) is 4.45. The Morgan fingerprint density at radius 3 is 2.68 bits per heavy atom. The molecule has 1 saturated heterocycles. The zero-order valence-electron chi connectivity index (χ0n) is 13.5. The molecular formula is C18H25N3O. The first kappa shape index (κ1) is 15.1. The molecular weight excluding hydrogens is 274 g/mol. The van der Waals surface area contributed by atoms with E-state index in [0.29, 0.717) is 0 Å². The van der Waals surface area contributed by atoms with Gasteiger partial charge in [0.15, 0.2) is 0 Å². The molecule has 3 rings (SSSR count). The number of aromatic nitrogens is 2. The van der Waals surface area contributed by atoms with Crippen molar-refractivity contribution in [2.24, 2.45) is 5.92 Å². The van der Waals surface area contributed by atoms with Gasteiger partial charge in [0.2, 0.25) is 0 Å². The van der Waals surface area contributed by atoms with E-state index in [9.17, 15) is 0 Å². The van der Waals surface area contributed by atoms with Gasteiger partial charge in [0.1, 0.15) is 5.75 Å². The molecule has 0 bridgehead atoms. The van der Waals surface area contributed by atoms with Gasteiger partial charge in [-0.3, -0.25) is 4.68 Å². The van der Waals surface area contributed by atoms with Crippen molar-refractivity contribution in [2.75, 3.05) is 26.7 Å². The van der Waals surface area contributed by atoms with E-state index in [2.05, 4.69) is 46.5 Å². The van der Waals surface area contributed by atoms with E-state index in [1.807, 2.05) is 11.6 Å². The number of rotatable bonds is 6. The largest absolute Gasteiger partial charge is 0.497 e. The van der Waals surface area contributed by atoms with Crippen LogP contribution in [0, 0.1) is 12.8 Å². The van der Waals surface area contributed by atoms with Crippen LogP contribution >= 0.6 is 0 Å².